The number of carbonyl (C=O) groups excluding carboxylic acids is 2. The molecular weight excluding hydrogens is 310 g/mol. The Labute approximate surface area is 139 Å². The predicted octanol–water partition coefficient (Wildman–Crippen LogP) is 1.16. The Kier molecular flexibility index (Phi) is 6.06. The molecule has 7 heteroatoms. The lowest BCUT2D eigenvalue weighted by atomic mass is 10.2. The summed E-state index contributed by atoms with van der Waals surface area (Å²) in [6, 6.07) is 7.43. The highest BCUT2D eigenvalue weighted by atomic mass is 16.5. The van der Waals surface area contributed by atoms with Gasteiger partial charge >= 0.3 is 5.97 Å². The van der Waals surface area contributed by atoms with Crippen LogP contribution in [0.25, 0.3) is 11.0 Å². The number of amides is 1. The van der Waals surface area contributed by atoms with Gasteiger partial charge in [0.2, 0.25) is 0 Å². The third kappa shape index (κ3) is 4.41. The molecule has 24 heavy (non-hydrogen) atoms. The van der Waals surface area contributed by atoms with Gasteiger partial charge in [-0.05, 0) is 18.6 Å². The molecule has 0 spiro atoms. The summed E-state index contributed by atoms with van der Waals surface area (Å²) in [7, 11) is 0. The largest absolute Gasteiger partial charge is 0.456 e. The minimum absolute atomic E-state index is 0.0262. The van der Waals surface area contributed by atoms with Crippen LogP contribution in [0.1, 0.15) is 31.9 Å². The number of esters is 1. The maximum Gasteiger partial charge on any atom is 0.306 e. The summed E-state index contributed by atoms with van der Waals surface area (Å²) < 4.78 is 6.40. The van der Waals surface area contributed by atoms with Gasteiger partial charge in [0.05, 0.1) is 17.5 Å². The van der Waals surface area contributed by atoms with Crippen molar-refractivity contribution < 1.29 is 14.3 Å². The van der Waals surface area contributed by atoms with Gasteiger partial charge < -0.3 is 15.0 Å². The first-order valence-electron chi connectivity index (χ1n) is 7.95. The molecule has 2 N–H and O–H groups in total. The molecule has 2 rings (SSSR count). The van der Waals surface area contributed by atoms with Crippen molar-refractivity contribution in [3.63, 3.8) is 0 Å². The highest BCUT2D eigenvalue weighted by Crippen LogP contribution is 2.11. The zero-order valence-corrected chi connectivity index (χ0v) is 13.7. The molecule has 0 aliphatic rings. The molecule has 1 aromatic carbocycles. The van der Waals surface area contributed by atoms with Crippen LogP contribution in [-0.4, -0.2) is 28.0 Å². The minimum atomic E-state index is -0.714. The predicted molar refractivity (Wildman–Crippen MR) is 89.4 cm³/mol. The van der Waals surface area contributed by atoms with Gasteiger partial charge in [0.25, 0.3) is 11.5 Å². The van der Waals surface area contributed by atoms with Gasteiger partial charge in [-0.25, -0.2) is 4.98 Å². The van der Waals surface area contributed by atoms with Crippen LogP contribution >= 0.6 is 0 Å². The number of rotatable bonds is 8. The second kappa shape index (κ2) is 8.24. The average molecular weight is 331 g/mol. The molecule has 0 saturated carbocycles. The van der Waals surface area contributed by atoms with Gasteiger partial charge in [0.1, 0.15) is 5.69 Å². The van der Waals surface area contributed by atoms with Gasteiger partial charge in [-0.15, -0.1) is 0 Å². The normalized spacial score (nSPS) is 10.7. The van der Waals surface area contributed by atoms with Crippen LogP contribution in [0.4, 0.5) is 0 Å². The van der Waals surface area contributed by atoms with Crippen molar-refractivity contribution in [1.29, 1.82) is 0 Å². The number of hydrogen-bond acceptors (Lipinski definition) is 5. The molecule has 0 radical (unpaired) electrons. The van der Waals surface area contributed by atoms with Crippen LogP contribution in [0.2, 0.25) is 0 Å². The third-order valence-corrected chi connectivity index (χ3v) is 3.60. The fraction of sp³-hybridized carbons (Fsp3) is 0.412. The number of hydrogen-bond donors (Lipinski definition) is 1. The maximum absolute atomic E-state index is 12.6. The Morgan fingerprint density at radius 3 is 2.75 bits per heavy atom. The van der Waals surface area contributed by atoms with Crippen LogP contribution in [0, 0.1) is 0 Å². The van der Waals surface area contributed by atoms with E-state index in [1.165, 1.54) is 0 Å². The van der Waals surface area contributed by atoms with Crippen LogP contribution in [0.5, 0.6) is 0 Å². The number of benzene rings is 1. The lowest BCUT2D eigenvalue weighted by Gasteiger charge is -2.11. The summed E-state index contributed by atoms with van der Waals surface area (Å²) in [4.78, 5) is 39.2. The zero-order valence-electron chi connectivity index (χ0n) is 13.7. The lowest BCUT2D eigenvalue weighted by Crippen LogP contribution is -2.27. The summed E-state index contributed by atoms with van der Waals surface area (Å²) >= 11 is 0. The Balaban J connectivity index is 2.23. The molecule has 0 fully saturated rings. The Hall–Kier alpha value is -2.70. The van der Waals surface area contributed by atoms with Crippen molar-refractivity contribution in [3.05, 3.63) is 40.3 Å². The number of para-hydroxylation sites is 2. The van der Waals surface area contributed by atoms with E-state index >= 15 is 0 Å². The molecule has 2 aromatic rings. The van der Waals surface area contributed by atoms with Gasteiger partial charge in [-0.1, -0.05) is 25.5 Å². The van der Waals surface area contributed by atoms with Crippen LogP contribution in [-0.2, 0) is 27.3 Å². The average Bonchev–Trinajstić information content (AvgIpc) is 2.57. The lowest BCUT2D eigenvalue weighted by molar-refractivity contribution is -0.147. The van der Waals surface area contributed by atoms with Crippen molar-refractivity contribution >= 4 is 22.9 Å². The number of primary amides is 1. The SMILES string of the molecule is CCCCn1c(=O)c(CCC(=O)OCC(N)=O)nc2ccccc21. The van der Waals surface area contributed by atoms with E-state index in [0.29, 0.717) is 17.8 Å². The molecule has 0 aliphatic carbocycles. The summed E-state index contributed by atoms with van der Waals surface area (Å²) in [5, 5.41) is 0. The van der Waals surface area contributed by atoms with Crippen molar-refractivity contribution in [2.75, 3.05) is 6.61 Å². The van der Waals surface area contributed by atoms with E-state index in [4.69, 9.17) is 10.5 Å². The van der Waals surface area contributed by atoms with E-state index in [2.05, 4.69) is 11.9 Å². The molecule has 0 saturated heterocycles. The molecule has 1 heterocycles. The number of aryl methyl sites for hydroxylation is 2. The van der Waals surface area contributed by atoms with Gasteiger partial charge in [0, 0.05) is 13.0 Å². The van der Waals surface area contributed by atoms with Gasteiger partial charge in [-0.3, -0.25) is 14.4 Å². The zero-order chi connectivity index (χ0) is 17.5. The maximum atomic E-state index is 12.6. The molecule has 1 aromatic heterocycles. The topological polar surface area (TPSA) is 104 Å². The standard InChI is InChI=1S/C17H21N3O4/c1-2-3-10-20-14-7-5-4-6-12(14)19-13(17(20)23)8-9-16(22)24-11-15(18)21/h4-7H,2-3,8-11H2,1H3,(H2,18,21). The van der Waals surface area contributed by atoms with E-state index < -0.39 is 18.5 Å². The number of nitrogens with zero attached hydrogens (tertiary/aromatic N) is 2. The van der Waals surface area contributed by atoms with Crippen molar-refractivity contribution in [2.24, 2.45) is 5.73 Å². The molecule has 0 aliphatic heterocycles. The third-order valence-electron chi connectivity index (χ3n) is 3.60. The number of carbonyl (C=O) groups is 2. The first-order chi connectivity index (χ1) is 11.5. The van der Waals surface area contributed by atoms with E-state index in [0.717, 1.165) is 18.4 Å². The molecule has 0 unspecified atom stereocenters. The highest BCUT2D eigenvalue weighted by molar-refractivity contribution is 5.79. The molecule has 0 bridgehead atoms. The summed E-state index contributed by atoms with van der Waals surface area (Å²) in [6.07, 6.45) is 1.99. The van der Waals surface area contributed by atoms with Gasteiger partial charge in [-0.2, -0.15) is 0 Å². The fourth-order valence-corrected chi connectivity index (χ4v) is 2.39. The van der Waals surface area contributed by atoms with Crippen molar-refractivity contribution in [2.45, 2.75) is 39.2 Å². The first kappa shape index (κ1) is 17.7. The first-order valence-corrected chi connectivity index (χ1v) is 7.95. The minimum Gasteiger partial charge on any atom is -0.456 e. The van der Waals surface area contributed by atoms with Crippen LogP contribution < -0.4 is 11.3 Å². The summed E-state index contributed by atoms with van der Waals surface area (Å²) in [6.45, 7) is 2.21. The second-order valence-electron chi connectivity index (χ2n) is 5.48. The van der Waals surface area contributed by atoms with Gasteiger partial charge in [0.15, 0.2) is 6.61 Å². The Bertz CT molecular complexity index is 798. The van der Waals surface area contributed by atoms with Crippen molar-refractivity contribution in [1.82, 2.24) is 9.55 Å². The second-order valence-corrected chi connectivity index (χ2v) is 5.48. The highest BCUT2D eigenvalue weighted by Gasteiger charge is 2.13. The van der Waals surface area contributed by atoms with E-state index in [1.54, 1.807) is 4.57 Å². The monoisotopic (exact) mass is 331 g/mol. The number of aromatic nitrogens is 2. The van der Waals surface area contributed by atoms with Crippen molar-refractivity contribution in [3.8, 4) is 0 Å². The molecular formula is C17H21N3O4. The Morgan fingerprint density at radius 1 is 1.29 bits per heavy atom. The molecule has 1 amide bonds. The number of unbranched alkanes of at least 4 members (excludes halogenated alkanes) is 1. The van der Waals surface area contributed by atoms with Crippen LogP contribution in [0.3, 0.4) is 0 Å². The van der Waals surface area contributed by atoms with E-state index in [1.807, 2.05) is 24.3 Å². The molecule has 7 nitrogen and oxygen atoms in total. The quantitative estimate of drug-likeness (QED) is 0.731. The molecule has 0 atom stereocenters. The number of fused-ring (bicyclic) bond motifs is 1. The summed E-state index contributed by atoms with van der Waals surface area (Å²) in [5.74, 6) is -1.29. The Morgan fingerprint density at radius 2 is 2.04 bits per heavy atom. The van der Waals surface area contributed by atoms with E-state index in [9.17, 15) is 14.4 Å². The fourth-order valence-electron chi connectivity index (χ4n) is 2.39. The number of nitrogens with two attached hydrogens (primary N) is 1. The summed E-state index contributed by atoms with van der Waals surface area (Å²) in [5.41, 5.74) is 6.55. The number of ether oxygens (including phenoxy) is 1. The van der Waals surface area contributed by atoms with Crippen LogP contribution in [0.15, 0.2) is 29.1 Å². The molecule has 128 valence electrons. The smallest absolute Gasteiger partial charge is 0.306 e. The van der Waals surface area contributed by atoms with E-state index in [-0.39, 0.29) is 18.4 Å².